The van der Waals surface area contributed by atoms with Crippen LogP contribution in [0.15, 0.2) is 48.0 Å². The van der Waals surface area contributed by atoms with Crippen LogP contribution in [0.5, 0.6) is 5.75 Å². The molecule has 0 radical (unpaired) electrons. The van der Waals surface area contributed by atoms with Crippen molar-refractivity contribution in [2.24, 2.45) is 0 Å². The Labute approximate surface area is 109 Å². The highest BCUT2D eigenvalue weighted by atomic mass is 32.1. The van der Waals surface area contributed by atoms with Gasteiger partial charge in [0.2, 0.25) is 0 Å². The van der Waals surface area contributed by atoms with Crippen LogP contribution in [0.1, 0.15) is 5.56 Å². The standard InChI is InChI=1S/C14H12N2OS/c17-13-4-2-1-3-10(13)8-15-11-5-6-12-14(7-11)18-9-16-12/h1-7,9,15,17H,8H2. The molecule has 0 saturated carbocycles. The Morgan fingerprint density at radius 3 is 2.94 bits per heavy atom. The first kappa shape index (κ1) is 11.0. The zero-order chi connectivity index (χ0) is 12.4. The van der Waals surface area contributed by atoms with Gasteiger partial charge in [0.05, 0.1) is 15.7 Å². The van der Waals surface area contributed by atoms with Crippen molar-refractivity contribution in [2.75, 3.05) is 5.32 Å². The molecule has 0 unspecified atom stereocenters. The van der Waals surface area contributed by atoms with Crippen molar-refractivity contribution in [3.63, 3.8) is 0 Å². The van der Waals surface area contributed by atoms with Crippen LogP contribution in [0.4, 0.5) is 5.69 Å². The summed E-state index contributed by atoms with van der Waals surface area (Å²) in [5.74, 6) is 0.323. The Bertz CT molecular complexity index is 678. The predicted molar refractivity (Wildman–Crippen MR) is 75.1 cm³/mol. The summed E-state index contributed by atoms with van der Waals surface area (Å²) < 4.78 is 1.16. The largest absolute Gasteiger partial charge is 0.508 e. The van der Waals surface area contributed by atoms with E-state index in [9.17, 15) is 5.11 Å². The maximum Gasteiger partial charge on any atom is 0.120 e. The lowest BCUT2D eigenvalue weighted by Gasteiger charge is -2.07. The summed E-state index contributed by atoms with van der Waals surface area (Å²) in [4.78, 5) is 4.24. The molecule has 0 bridgehead atoms. The summed E-state index contributed by atoms with van der Waals surface area (Å²) >= 11 is 1.63. The number of phenolic OH excluding ortho intramolecular Hbond substituents is 1. The number of para-hydroxylation sites is 1. The molecule has 0 aliphatic heterocycles. The van der Waals surface area contributed by atoms with Crippen LogP contribution in [0.25, 0.3) is 10.2 Å². The summed E-state index contributed by atoms with van der Waals surface area (Å²) in [5.41, 5.74) is 4.79. The average Bonchev–Trinajstić information content (AvgIpc) is 2.85. The van der Waals surface area contributed by atoms with E-state index in [0.29, 0.717) is 12.3 Å². The highest BCUT2D eigenvalue weighted by Crippen LogP contribution is 2.23. The molecule has 0 atom stereocenters. The lowest BCUT2D eigenvalue weighted by atomic mass is 10.2. The van der Waals surface area contributed by atoms with E-state index in [-0.39, 0.29) is 0 Å². The van der Waals surface area contributed by atoms with Crippen molar-refractivity contribution in [3.05, 3.63) is 53.5 Å². The first-order valence-electron chi connectivity index (χ1n) is 5.67. The Balaban J connectivity index is 1.78. The van der Waals surface area contributed by atoms with Gasteiger partial charge in [-0.3, -0.25) is 0 Å². The topological polar surface area (TPSA) is 45.1 Å². The molecule has 0 aliphatic carbocycles. The van der Waals surface area contributed by atoms with E-state index in [1.54, 1.807) is 17.4 Å². The van der Waals surface area contributed by atoms with Crippen molar-refractivity contribution in [1.82, 2.24) is 4.98 Å². The molecule has 18 heavy (non-hydrogen) atoms. The average molecular weight is 256 g/mol. The van der Waals surface area contributed by atoms with Crippen molar-refractivity contribution in [3.8, 4) is 5.75 Å². The Morgan fingerprint density at radius 1 is 1.17 bits per heavy atom. The van der Waals surface area contributed by atoms with Gasteiger partial charge in [-0.2, -0.15) is 0 Å². The number of fused-ring (bicyclic) bond motifs is 1. The number of benzene rings is 2. The fourth-order valence-electron chi connectivity index (χ4n) is 1.82. The number of nitrogens with one attached hydrogen (secondary N) is 1. The minimum absolute atomic E-state index is 0.323. The van der Waals surface area contributed by atoms with Gasteiger partial charge in [0.25, 0.3) is 0 Å². The van der Waals surface area contributed by atoms with E-state index in [0.717, 1.165) is 21.5 Å². The van der Waals surface area contributed by atoms with Crippen LogP contribution in [0, 0.1) is 0 Å². The number of aromatic nitrogens is 1. The van der Waals surface area contributed by atoms with E-state index in [4.69, 9.17) is 0 Å². The lowest BCUT2D eigenvalue weighted by Crippen LogP contribution is -1.99. The molecule has 2 aromatic carbocycles. The zero-order valence-electron chi connectivity index (χ0n) is 9.63. The number of rotatable bonds is 3. The summed E-state index contributed by atoms with van der Waals surface area (Å²) in [6.45, 7) is 0.608. The Hall–Kier alpha value is -2.07. The van der Waals surface area contributed by atoms with E-state index in [1.165, 1.54) is 0 Å². The second kappa shape index (κ2) is 4.66. The molecule has 0 saturated heterocycles. The molecule has 1 heterocycles. The number of hydrogen-bond donors (Lipinski definition) is 2. The number of thiazole rings is 1. The molecular weight excluding hydrogens is 244 g/mol. The van der Waals surface area contributed by atoms with Crippen LogP contribution in [-0.2, 0) is 6.54 Å². The quantitative estimate of drug-likeness (QED) is 0.752. The van der Waals surface area contributed by atoms with Gasteiger partial charge in [-0.25, -0.2) is 4.98 Å². The monoisotopic (exact) mass is 256 g/mol. The molecule has 1 aromatic heterocycles. The van der Waals surface area contributed by atoms with Gasteiger partial charge in [-0.15, -0.1) is 11.3 Å². The fourth-order valence-corrected chi connectivity index (χ4v) is 2.54. The van der Waals surface area contributed by atoms with Crippen molar-refractivity contribution in [2.45, 2.75) is 6.54 Å². The summed E-state index contributed by atoms with van der Waals surface area (Å²) in [5, 5.41) is 13.0. The van der Waals surface area contributed by atoms with Gasteiger partial charge < -0.3 is 10.4 Å². The molecular formula is C14H12N2OS. The van der Waals surface area contributed by atoms with Gasteiger partial charge in [-0.1, -0.05) is 18.2 Å². The van der Waals surface area contributed by atoms with Crippen LogP contribution < -0.4 is 5.32 Å². The maximum absolute atomic E-state index is 9.68. The van der Waals surface area contributed by atoms with Gasteiger partial charge in [-0.05, 0) is 24.3 Å². The molecule has 3 aromatic rings. The van der Waals surface area contributed by atoms with Crippen molar-refractivity contribution < 1.29 is 5.11 Å². The third-order valence-electron chi connectivity index (χ3n) is 2.81. The van der Waals surface area contributed by atoms with Gasteiger partial charge >= 0.3 is 0 Å². The smallest absolute Gasteiger partial charge is 0.120 e. The molecule has 0 aliphatic rings. The maximum atomic E-state index is 9.68. The van der Waals surface area contributed by atoms with Crippen molar-refractivity contribution in [1.29, 1.82) is 0 Å². The molecule has 0 spiro atoms. The highest BCUT2D eigenvalue weighted by molar-refractivity contribution is 7.16. The van der Waals surface area contributed by atoms with E-state index >= 15 is 0 Å². The Kier molecular flexibility index (Phi) is 2.86. The minimum atomic E-state index is 0.323. The van der Waals surface area contributed by atoms with E-state index in [2.05, 4.69) is 16.4 Å². The second-order valence-corrected chi connectivity index (χ2v) is 4.90. The first-order chi connectivity index (χ1) is 8.83. The number of anilines is 1. The van der Waals surface area contributed by atoms with Gasteiger partial charge in [0.1, 0.15) is 5.75 Å². The van der Waals surface area contributed by atoms with E-state index < -0.39 is 0 Å². The van der Waals surface area contributed by atoms with Crippen molar-refractivity contribution >= 4 is 27.2 Å². The van der Waals surface area contributed by atoms with Crippen LogP contribution in [0.3, 0.4) is 0 Å². The first-order valence-corrected chi connectivity index (χ1v) is 6.55. The number of aromatic hydroxyl groups is 1. The van der Waals surface area contributed by atoms with E-state index in [1.807, 2.05) is 35.8 Å². The number of nitrogens with zero attached hydrogens (tertiary/aromatic N) is 1. The molecule has 90 valence electrons. The predicted octanol–water partition coefficient (Wildman–Crippen LogP) is 3.61. The molecule has 3 rings (SSSR count). The Morgan fingerprint density at radius 2 is 2.06 bits per heavy atom. The molecule has 3 nitrogen and oxygen atoms in total. The molecule has 2 N–H and O–H groups in total. The summed E-state index contributed by atoms with van der Waals surface area (Å²) in [6, 6.07) is 13.4. The summed E-state index contributed by atoms with van der Waals surface area (Å²) in [7, 11) is 0. The zero-order valence-corrected chi connectivity index (χ0v) is 10.4. The second-order valence-electron chi connectivity index (χ2n) is 4.02. The number of phenols is 1. The minimum Gasteiger partial charge on any atom is -0.508 e. The molecule has 0 fully saturated rings. The van der Waals surface area contributed by atoms with Crippen LogP contribution in [0.2, 0.25) is 0 Å². The molecule has 0 amide bonds. The number of hydrogen-bond acceptors (Lipinski definition) is 4. The van der Waals surface area contributed by atoms with Gasteiger partial charge in [0, 0.05) is 17.8 Å². The third-order valence-corrected chi connectivity index (χ3v) is 3.60. The highest BCUT2D eigenvalue weighted by Gasteiger charge is 2.01. The fraction of sp³-hybridized carbons (Fsp3) is 0.0714. The lowest BCUT2D eigenvalue weighted by molar-refractivity contribution is 0.469. The normalized spacial score (nSPS) is 10.7. The molecule has 4 heteroatoms. The SMILES string of the molecule is Oc1ccccc1CNc1ccc2ncsc2c1. The van der Waals surface area contributed by atoms with Gasteiger partial charge in [0.15, 0.2) is 0 Å². The third kappa shape index (κ3) is 2.15. The summed E-state index contributed by atoms with van der Waals surface area (Å²) in [6.07, 6.45) is 0. The van der Waals surface area contributed by atoms with Crippen LogP contribution >= 0.6 is 11.3 Å². The van der Waals surface area contributed by atoms with Crippen LogP contribution in [-0.4, -0.2) is 10.1 Å².